The smallest absolute Gasteiger partial charge is 0.0409 e. The van der Waals surface area contributed by atoms with Crippen LogP contribution < -0.4 is 5.73 Å². The summed E-state index contributed by atoms with van der Waals surface area (Å²) in [4.78, 5) is 0. The van der Waals surface area contributed by atoms with Crippen molar-refractivity contribution in [2.24, 2.45) is 11.7 Å². The average Bonchev–Trinajstić information content (AvgIpc) is 2.42. The first-order chi connectivity index (χ1) is 9.05. The topological polar surface area (TPSA) is 26.0 Å². The summed E-state index contributed by atoms with van der Waals surface area (Å²) in [6.45, 7) is 6.77. The Labute approximate surface area is 118 Å². The van der Waals surface area contributed by atoms with Crippen LogP contribution >= 0.6 is 0 Å². The highest BCUT2D eigenvalue weighted by Gasteiger charge is 2.32. The van der Waals surface area contributed by atoms with Crippen LogP contribution in [0.3, 0.4) is 0 Å². The second-order valence-electron chi connectivity index (χ2n) is 6.66. The molecular formula is C18H29N. The van der Waals surface area contributed by atoms with Crippen LogP contribution in [0.1, 0.15) is 76.3 Å². The molecule has 0 amide bonds. The molecule has 1 aliphatic carbocycles. The van der Waals surface area contributed by atoms with Gasteiger partial charge in [0.05, 0.1) is 0 Å². The summed E-state index contributed by atoms with van der Waals surface area (Å²) in [5.74, 6) is 1.51. The molecular weight excluding hydrogens is 230 g/mol. The van der Waals surface area contributed by atoms with Gasteiger partial charge < -0.3 is 5.73 Å². The van der Waals surface area contributed by atoms with Gasteiger partial charge in [-0.1, -0.05) is 57.9 Å². The number of rotatable bonds is 4. The molecule has 0 spiro atoms. The minimum absolute atomic E-state index is 0.0697. The van der Waals surface area contributed by atoms with Crippen molar-refractivity contribution in [3.05, 3.63) is 35.4 Å². The molecule has 1 aromatic carbocycles. The van der Waals surface area contributed by atoms with Gasteiger partial charge in [-0.2, -0.15) is 0 Å². The van der Waals surface area contributed by atoms with E-state index in [0.29, 0.717) is 5.92 Å². The Kier molecular flexibility index (Phi) is 4.67. The van der Waals surface area contributed by atoms with Crippen LogP contribution in [-0.4, -0.2) is 0 Å². The van der Waals surface area contributed by atoms with Gasteiger partial charge in [0.1, 0.15) is 0 Å². The minimum atomic E-state index is -0.0697. The van der Waals surface area contributed by atoms with Gasteiger partial charge in [-0.3, -0.25) is 0 Å². The van der Waals surface area contributed by atoms with E-state index in [9.17, 15) is 0 Å². The van der Waals surface area contributed by atoms with Gasteiger partial charge in [0, 0.05) is 5.54 Å². The summed E-state index contributed by atoms with van der Waals surface area (Å²) in [7, 11) is 0. The number of nitrogens with two attached hydrogens (primary N) is 1. The molecule has 1 heteroatoms. The molecule has 106 valence electrons. The Morgan fingerprint density at radius 1 is 1.16 bits per heavy atom. The number of hydrogen-bond donors (Lipinski definition) is 1. The number of hydrogen-bond acceptors (Lipinski definition) is 1. The monoisotopic (exact) mass is 259 g/mol. The third-order valence-electron chi connectivity index (χ3n) is 4.85. The standard InChI is InChI=1S/C18H29N/c1-4-5-15-10-12-18(19,13-11-15)17-8-6-16(7-9-17)14(2)3/h6-9,14-15H,4-5,10-13,19H2,1-3H3. The maximum Gasteiger partial charge on any atom is 0.0409 e. The molecule has 0 atom stereocenters. The highest BCUT2D eigenvalue weighted by Crippen LogP contribution is 2.39. The van der Waals surface area contributed by atoms with Crippen molar-refractivity contribution in [2.75, 3.05) is 0 Å². The SMILES string of the molecule is CCCC1CCC(N)(c2ccc(C(C)C)cc2)CC1. The summed E-state index contributed by atoms with van der Waals surface area (Å²) in [6.07, 6.45) is 7.59. The van der Waals surface area contributed by atoms with E-state index in [1.165, 1.54) is 36.8 Å². The van der Waals surface area contributed by atoms with Gasteiger partial charge in [-0.05, 0) is 48.6 Å². The van der Waals surface area contributed by atoms with E-state index in [1.807, 2.05) is 0 Å². The molecule has 0 bridgehead atoms. The van der Waals surface area contributed by atoms with Crippen LogP contribution in [0.15, 0.2) is 24.3 Å². The normalized spacial score (nSPS) is 27.7. The summed E-state index contributed by atoms with van der Waals surface area (Å²) < 4.78 is 0. The van der Waals surface area contributed by atoms with Crippen LogP contribution in [0, 0.1) is 5.92 Å². The quantitative estimate of drug-likeness (QED) is 0.813. The van der Waals surface area contributed by atoms with E-state index >= 15 is 0 Å². The van der Waals surface area contributed by atoms with Gasteiger partial charge in [-0.25, -0.2) is 0 Å². The zero-order valence-corrected chi connectivity index (χ0v) is 12.8. The average molecular weight is 259 g/mol. The maximum atomic E-state index is 6.66. The van der Waals surface area contributed by atoms with Gasteiger partial charge in [0.2, 0.25) is 0 Å². The molecule has 2 N–H and O–H groups in total. The third kappa shape index (κ3) is 3.39. The van der Waals surface area contributed by atoms with Crippen molar-refractivity contribution < 1.29 is 0 Å². The molecule has 0 aliphatic heterocycles. The molecule has 1 fully saturated rings. The first kappa shape index (κ1) is 14.6. The molecule has 0 saturated heterocycles. The molecule has 19 heavy (non-hydrogen) atoms. The second kappa shape index (κ2) is 6.09. The van der Waals surface area contributed by atoms with Crippen LogP contribution in [0.25, 0.3) is 0 Å². The van der Waals surface area contributed by atoms with Crippen molar-refractivity contribution in [2.45, 2.75) is 70.8 Å². The highest BCUT2D eigenvalue weighted by atomic mass is 14.7. The summed E-state index contributed by atoms with van der Waals surface area (Å²) in [5, 5.41) is 0. The van der Waals surface area contributed by atoms with Gasteiger partial charge >= 0.3 is 0 Å². The Morgan fingerprint density at radius 3 is 2.21 bits per heavy atom. The minimum Gasteiger partial charge on any atom is -0.321 e. The van der Waals surface area contributed by atoms with E-state index in [2.05, 4.69) is 45.0 Å². The predicted octanol–water partition coefficient (Wildman–Crippen LogP) is 4.95. The molecule has 1 nitrogen and oxygen atoms in total. The van der Waals surface area contributed by atoms with Crippen molar-refractivity contribution in [3.63, 3.8) is 0 Å². The lowest BCUT2D eigenvalue weighted by atomic mass is 9.72. The van der Waals surface area contributed by atoms with Crippen molar-refractivity contribution in [1.29, 1.82) is 0 Å². The Balaban J connectivity index is 2.05. The molecule has 1 aliphatic rings. The van der Waals surface area contributed by atoms with Gasteiger partial charge in [0.25, 0.3) is 0 Å². The summed E-state index contributed by atoms with van der Waals surface area (Å²) in [5.41, 5.74) is 9.34. The van der Waals surface area contributed by atoms with E-state index in [0.717, 1.165) is 18.8 Å². The Bertz CT molecular complexity index is 383. The molecule has 0 heterocycles. The fourth-order valence-electron chi connectivity index (χ4n) is 3.38. The predicted molar refractivity (Wildman–Crippen MR) is 83.3 cm³/mol. The van der Waals surface area contributed by atoms with E-state index in [1.54, 1.807) is 0 Å². The van der Waals surface area contributed by atoms with E-state index in [-0.39, 0.29) is 5.54 Å². The molecule has 0 aromatic heterocycles. The maximum absolute atomic E-state index is 6.66. The molecule has 0 unspecified atom stereocenters. The molecule has 1 saturated carbocycles. The van der Waals surface area contributed by atoms with Crippen LogP contribution in [0.2, 0.25) is 0 Å². The zero-order valence-electron chi connectivity index (χ0n) is 12.8. The van der Waals surface area contributed by atoms with Gasteiger partial charge in [0.15, 0.2) is 0 Å². The van der Waals surface area contributed by atoms with Crippen LogP contribution in [-0.2, 0) is 5.54 Å². The largest absolute Gasteiger partial charge is 0.321 e. The van der Waals surface area contributed by atoms with Crippen LogP contribution in [0.5, 0.6) is 0 Å². The second-order valence-corrected chi connectivity index (χ2v) is 6.66. The molecule has 2 rings (SSSR count). The lowest BCUT2D eigenvalue weighted by molar-refractivity contribution is 0.226. The fourth-order valence-corrected chi connectivity index (χ4v) is 3.38. The molecule has 1 aromatic rings. The number of benzene rings is 1. The van der Waals surface area contributed by atoms with Crippen molar-refractivity contribution in [3.8, 4) is 0 Å². The lowest BCUT2D eigenvalue weighted by Crippen LogP contribution is -2.40. The lowest BCUT2D eigenvalue weighted by Gasteiger charge is -2.37. The fraction of sp³-hybridized carbons (Fsp3) is 0.667. The third-order valence-corrected chi connectivity index (χ3v) is 4.85. The van der Waals surface area contributed by atoms with Crippen molar-refractivity contribution >= 4 is 0 Å². The van der Waals surface area contributed by atoms with Crippen LogP contribution in [0.4, 0.5) is 0 Å². The summed E-state index contributed by atoms with van der Waals surface area (Å²) in [6, 6.07) is 9.03. The van der Waals surface area contributed by atoms with Gasteiger partial charge in [-0.15, -0.1) is 0 Å². The Morgan fingerprint density at radius 2 is 1.74 bits per heavy atom. The van der Waals surface area contributed by atoms with E-state index in [4.69, 9.17) is 5.73 Å². The first-order valence-corrected chi connectivity index (χ1v) is 7.94. The highest BCUT2D eigenvalue weighted by molar-refractivity contribution is 5.30. The van der Waals surface area contributed by atoms with Crippen molar-refractivity contribution in [1.82, 2.24) is 0 Å². The first-order valence-electron chi connectivity index (χ1n) is 7.94. The zero-order chi connectivity index (χ0) is 13.9. The van der Waals surface area contributed by atoms with E-state index < -0.39 is 0 Å². The molecule has 0 radical (unpaired) electrons. The summed E-state index contributed by atoms with van der Waals surface area (Å²) >= 11 is 0. The Hall–Kier alpha value is -0.820.